The van der Waals surface area contributed by atoms with Crippen LogP contribution in [0.4, 0.5) is 0 Å². The number of nitrogens with two attached hydrogens (primary N) is 1. The first-order valence-electron chi connectivity index (χ1n) is 7.51. The first kappa shape index (κ1) is 18.2. The van der Waals surface area contributed by atoms with Crippen molar-refractivity contribution in [3.63, 3.8) is 0 Å². The lowest BCUT2D eigenvalue weighted by Gasteiger charge is -2.31. The van der Waals surface area contributed by atoms with Crippen molar-refractivity contribution in [2.75, 3.05) is 19.7 Å². The third-order valence-corrected chi connectivity index (χ3v) is 3.63. The van der Waals surface area contributed by atoms with Crippen molar-refractivity contribution in [3.8, 4) is 0 Å². The van der Waals surface area contributed by atoms with Crippen LogP contribution < -0.4 is 11.1 Å². The lowest BCUT2D eigenvalue weighted by atomic mass is 9.89. The van der Waals surface area contributed by atoms with Gasteiger partial charge in [0.1, 0.15) is 0 Å². The fourth-order valence-corrected chi connectivity index (χ4v) is 2.57. The molecule has 1 aliphatic heterocycles. The zero-order valence-corrected chi connectivity index (χ0v) is 15.0. The van der Waals surface area contributed by atoms with E-state index in [0.717, 1.165) is 39.0 Å². The standard InChI is InChI=1S/C16H25N3O.HI/c1-2-10-18-16(17)19-12-14-9-6-11-20-15(14)13-7-4-3-5-8-13;/h3-5,7-8,14-15H,2,6,9-12H2,1H3,(H3,17,18,19);1H. The summed E-state index contributed by atoms with van der Waals surface area (Å²) in [5.41, 5.74) is 7.10. The largest absolute Gasteiger partial charge is 0.373 e. The molecule has 1 aliphatic rings. The number of guanidine groups is 1. The lowest BCUT2D eigenvalue weighted by molar-refractivity contribution is -0.0250. The Morgan fingerprint density at radius 1 is 1.38 bits per heavy atom. The number of hydrogen-bond acceptors (Lipinski definition) is 2. The summed E-state index contributed by atoms with van der Waals surface area (Å²) in [7, 11) is 0. The minimum Gasteiger partial charge on any atom is -0.373 e. The second kappa shape index (κ2) is 10.00. The molecule has 0 bridgehead atoms. The van der Waals surface area contributed by atoms with Gasteiger partial charge in [0.15, 0.2) is 5.96 Å². The number of nitrogens with zero attached hydrogens (tertiary/aromatic N) is 1. The molecule has 0 amide bonds. The summed E-state index contributed by atoms with van der Waals surface area (Å²) < 4.78 is 5.96. The number of nitrogens with one attached hydrogen (secondary N) is 1. The zero-order valence-electron chi connectivity index (χ0n) is 12.6. The SMILES string of the molecule is CCCNC(N)=NCC1CCCOC1c1ccccc1.I. The number of rotatable bonds is 5. The van der Waals surface area contributed by atoms with Crippen LogP contribution in [0.25, 0.3) is 0 Å². The Morgan fingerprint density at radius 3 is 2.86 bits per heavy atom. The molecule has 2 rings (SSSR count). The number of ether oxygens (including phenoxy) is 1. The molecule has 1 fully saturated rings. The number of benzene rings is 1. The summed E-state index contributed by atoms with van der Waals surface area (Å²) in [6, 6.07) is 10.4. The van der Waals surface area contributed by atoms with Crippen LogP contribution in [0.2, 0.25) is 0 Å². The molecular weight excluding hydrogens is 377 g/mol. The van der Waals surface area contributed by atoms with Crippen molar-refractivity contribution in [2.45, 2.75) is 32.3 Å². The van der Waals surface area contributed by atoms with E-state index in [4.69, 9.17) is 10.5 Å². The minimum atomic E-state index is 0. The van der Waals surface area contributed by atoms with Gasteiger partial charge in [-0.1, -0.05) is 37.3 Å². The van der Waals surface area contributed by atoms with E-state index < -0.39 is 0 Å². The summed E-state index contributed by atoms with van der Waals surface area (Å²) in [5.74, 6) is 0.956. The second-order valence-electron chi connectivity index (χ2n) is 5.26. The second-order valence-corrected chi connectivity index (χ2v) is 5.26. The molecule has 0 spiro atoms. The maximum atomic E-state index is 5.96. The smallest absolute Gasteiger partial charge is 0.188 e. The molecule has 2 unspecified atom stereocenters. The monoisotopic (exact) mass is 403 g/mol. The maximum Gasteiger partial charge on any atom is 0.188 e. The summed E-state index contributed by atoms with van der Waals surface area (Å²) in [6.45, 7) is 4.55. The molecule has 1 aromatic carbocycles. The fraction of sp³-hybridized carbons (Fsp3) is 0.562. The molecule has 3 N–H and O–H groups in total. The lowest BCUT2D eigenvalue weighted by Crippen LogP contribution is -2.33. The molecule has 1 saturated heterocycles. The first-order valence-corrected chi connectivity index (χ1v) is 7.51. The van der Waals surface area contributed by atoms with Crippen molar-refractivity contribution in [3.05, 3.63) is 35.9 Å². The van der Waals surface area contributed by atoms with E-state index in [2.05, 4.69) is 41.5 Å². The van der Waals surface area contributed by atoms with Gasteiger partial charge in [0.2, 0.25) is 0 Å². The summed E-state index contributed by atoms with van der Waals surface area (Å²) >= 11 is 0. The molecule has 4 nitrogen and oxygen atoms in total. The van der Waals surface area contributed by atoms with E-state index in [9.17, 15) is 0 Å². The zero-order chi connectivity index (χ0) is 14.2. The minimum absolute atomic E-state index is 0. The van der Waals surface area contributed by atoms with Gasteiger partial charge in [0, 0.05) is 25.6 Å². The van der Waals surface area contributed by atoms with Gasteiger partial charge in [-0.05, 0) is 24.8 Å². The van der Waals surface area contributed by atoms with Crippen LogP contribution in [0.1, 0.15) is 37.9 Å². The molecule has 0 radical (unpaired) electrons. The van der Waals surface area contributed by atoms with Crippen molar-refractivity contribution in [1.29, 1.82) is 0 Å². The van der Waals surface area contributed by atoms with Crippen LogP contribution in [0, 0.1) is 5.92 Å². The predicted molar refractivity (Wildman–Crippen MR) is 98.1 cm³/mol. The first-order chi connectivity index (χ1) is 9.81. The van der Waals surface area contributed by atoms with E-state index in [1.165, 1.54) is 5.56 Å². The molecular formula is C16H26IN3O. The van der Waals surface area contributed by atoms with Crippen molar-refractivity contribution in [2.24, 2.45) is 16.6 Å². The van der Waals surface area contributed by atoms with Gasteiger partial charge in [0.25, 0.3) is 0 Å². The molecule has 1 heterocycles. The Labute approximate surface area is 144 Å². The van der Waals surface area contributed by atoms with Crippen LogP contribution in [0.15, 0.2) is 35.3 Å². The van der Waals surface area contributed by atoms with Crippen molar-refractivity contribution >= 4 is 29.9 Å². The third kappa shape index (κ3) is 5.82. The molecule has 1 aromatic rings. The van der Waals surface area contributed by atoms with Gasteiger partial charge in [-0.3, -0.25) is 4.99 Å². The molecule has 5 heteroatoms. The molecule has 2 atom stereocenters. The highest BCUT2D eigenvalue weighted by Gasteiger charge is 2.27. The highest BCUT2D eigenvalue weighted by atomic mass is 127. The Morgan fingerprint density at radius 2 is 2.14 bits per heavy atom. The average molecular weight is 403 g/mol. The van der Waals surface area contributed by atoms with Crippen LogP contribution >= 0.6 is 24.0 Å². The van der Waals surface area contributed by atoms with Crippen LogP contribution in [-0.2, 0) is 4.74 Å². The van der Waals surface area contributed by atoms with E-state index in [-0.39, 0.29) is 30.1 Å². The average Bonchev–Trinajstić information content (AvgIpc) is 2.52. The van der Waals surface area contributed by atoms with E-state index in [1.807, 2.05) is 6.07 Å². The summed E-state index contributed by atoms with van der Waals surface area (Å²) in [6.07, 6.45) is 3.44. The van der Waals surface area contributed by atoms with Gasteiger partial charge >= 0.3 is 0 Å². The van der Waals surface area contributed by atoms with E-state index >= 15 is 0 Å². The van der Waals surface area contributed by atoms with E-state index in [1.54, 1.807) is 0 Å². The Hall–Kier alpha value is -0.820. The van der Waals surface area contributed by atoms with Gasteiger partial charge in [-0.25, -0.2) is 0 Å². The number of aliphatic imine (C=N–C) groups is 1. The van der Waals surface area contributed by atoms with Crippen LogP contribution in [-0.4, -0.2) is 25.7 Å². The van der Waals surface area contributed by atoms with E-state index in [0.29, 0.717) is 11.9 Å². The molecule has 118 valence electrons. The molecule has 0 aliphatic carbocycles. The highest BCUT2D eigenvalue weighted by Crippen LogP contribution is 2.33. The molecule has 21 heavy (non-hydrogen) atoms. The van der Waals surface area contributed by atoms with Gasteiger partial charge in [-0.2, -0.15) is 0 Å². The summed E-state index contributed by atoms with van der Waals surface area (Å²) in [4.78, 5) is 4.46. The predicted octanol–water partition coefficient (Wildman–Crippen LogP) is 3.09. The van der Waals surface area contributed by atoms with Gasteiger partial charge in [0.05, 0.1) is 6.10 Å². The Balaban J connectivity index is 0.00000220. The fourth-order valence-electron chi connectivity index (χ4n) is 2.57. The van der Waals surface area contributed by atoms with Crippen LogP contribution in [0.5, 0.6) is 0 Å². The molecule has 0 saturated carbocycles. The maximum absolute atomic E-state index is 5.96. The van der Waals surface area contributed by atoms with Crippen LogP contribution in [0.3, 0.4) is 0 Å². The Kier molecular flexibility index (Phi) is 8.68. The van der Waals surface area contributed by atoms with Crippen molar-refractivity contribution < 1.29 is 4.74 Å². The molecule has 0 aromatic heterocycles. The summed E-state index contributed by atoms with van der Waals surface area (Å²) in [5, 5.41) is 3.11. The third-order valence-electron chi connectivity index (χ3n) is 3.63. The highest BCUT2D eigenvalue weighted by molar-refractivity contribution is 14.0. The van der Waals surface area contributed by atoms with Gasteiger partial charge < -0.3 is 15.8 Å². The Bertz CT molecular complexity index is 425. The van der Waals surface area contributed by atoms with Crippen molar-refractivity contribution in [1.82, 2.24) is 5.32 Å². The normalized spacial score (nSPS) is 22.4. The quantitative estimate of drug-likeness (QED) is 0.451. The number of halogens is 1. The topological polar surface area (TPSA) is 59.6 Å². The van der Waals surface area contributed by atoms with Gasteiger partial charge in [-0.15, -0.1) is 24.0 Å². The number of hydrogen-bond donors (Lipinski definition) is 2.